The Hall–Kier alpha value is -3.24. The average molecular weight is 519 g/mol. The van der Waals surface area contributed by atoms with Crippen LogP contribution in [0.1, 0.15) is 6.42 Å². The zero-order chi connectivity index (χ0) is 25.3. The lowest BCUT2D eigenvalue weighted by Crippen LogP contribution is -2.41. The second kappa shape index (κ2) is 12.5. The highest BCUT2D eigenvalue weighted by Gasteiger charge is 2.30. The Balaban J connectivity index is 1.74. The van der Waals surface area contributed by atoms with E-state index in [1.165, 1.54) is 50.6 Å². The van der Waals surface area contributed by atoms with Crippen LogP contribution in [0.25, 0.3) is 0 Å². The molecule has 0 fully saturated rings. The third-order valence-corrected chi connectivity index (χ3v) is 7.86. The Morgan fingerprint density at radius 2 is 1.66 bits per heavy atom. The lowest BCUT2D eigenvalue weighted by Gasteiger charge is -2.25. The average Bonchev–Trinajstić information content (AvgIpc) is 2.87. The van der Waals surface area contributed by atoms with E-state index < -0.39 is 28.3 Å². The van der Waals surface area contributed by atoms with Gasteiger partial charge in [0.05, 0.1) is 24.8 Å². The van der Waals surface area contributed by atoms with Crippen molar-refractivity contribution >= 4 is 33.4 Å². The second-order valence-electron chi connectivity index (χ2n) is 7.34. The van der Waals surface area contributed by atoms with Gasteiger partial charge in [-0.05, 0) is 48.6 Å². The number of ether oxygens (including phenoxy) is 2. The minimum atomic E-state index is -4.31. The molecule has 0 aliphatic carbocycles. The normalized spacial score (nSPS) is 11.1. The van der Waals surface area contributed by atoms with Gasteiger partial charge in [-0.2, -0.15) is 0 Å². The Morgan fingerprint density at radius 3 is 2.34 bits per heavy atom. The number of amides is 1. The van der Waals surface area contributed by atoms with Crippen molar-refractivity contribution in [2.75, 3.05) is 37.4 Å². The van der Waals surface area contributed by atoms with Crippen molar-refractivity contribution in [1.29, 1.82) is 0 Å². The molecule has 0 bridgehead atoms. The third-order valence-electron chi connectivity index (χ3n) is 5.01. The van der Waals surface area contributed by atoms with Crippen LogP contribution >= 0.6 is 11.8 Å². The molecule has 0 atom stereocenters. The van der Waals surface area contributed by atoms with Crippen LogP contribution in [-0.2, 0) is 14.8 Å². The molecule has 0 saturated heterocycles. The van der Waals surface area contributed by atoms with E-state index in [4.69, 9.17) is 9.47 Å². The molecule has 1 N–H and O–H groups in total. The van der Waals surface area contributed by atoms with E-state index in [9.17, 15) is 17.6 Å². The highest BCUT2D eigenvalue weighted by atomic mass is 32.2. The Labute approximate surface area is 209 Å². The molecule has 3 rings (SSSR count). The zero-order valence-corrected chi connectivity index (χ0v) is 21.1. The number of rotatable bonds is 12. The number of methoxy groups -OCH3 is 2. The minimum absolute atomic E-state index is 0.162. The summed E-state index contributed by atoms with van der Waals surface area (Å²) in [5.74, 6) is 0.0219. The minimum Gasteiger partial charge on any atom is -0.493 e. The van der Waals surface area contributed by atoms with Gasteiger partial charge in [-0.3, -0.25) is 9.10 Å². The molecule has 1 amide bonds. The SMILES string of the molecule is COc1ccc(S(=O)(=O)N(CC(=O)NCCCSc2ccccc2)c2ccccc2F)cc1OC. The van der Waals surface area contributed by atoms with E-state index in [-0.39, 0.29) is 16.3 Å². The largest absolute Gasteiger partial charge is 0.493 e. The fourth-order valence-electron chi connectivity index (χ4n) is 3.25. The number of para-hydroxylation sites is 1. The number of benzene rings is 3. The highest BCUT2D eigenvalue weighted by molar-refractivity contribution is 7.99. The van der Waals surface area contributed by atoms with Crippen molar-refractivity contribution in [3.8, 4) is 11.5 Å². The molecule has 0 saturated carbocycles. The smallest absolute Gasteiger partial charge is 0.265 e. The lowest BCUT2D eigenvalue weighted by atomic mass is 10.3. The molecule has 0 radical (unpaired) electrons. The molecule has 7 nitrogen and oxygen atoms in total. The maximum atomic E-state index is 14.6. The predicted molar refractivity (Wildman–Crippen MR) is 135 cm³/mol. The first-order valence-electron chi connectivity index (χ1n) is 10.8. The topological polar surface area (TPSA) is 84.9 Å². The molecule has 3 aromatic carbocycles. The number of hydrogen-bond donors (Lipinski definition) is 1. The summed E-state index contributed by atoms with van der Waals surface area (Å²) in [7, 11) is -1.50. The number of sulfonamides is 1. The maximum absolute atomic E-state index is 14.6. The summed E-state index contributed by atoms with van der Waals surface area (Å²) in [4.78, 5) is 13.7. The number of carbonyl (C=O) groups excluding carboxylic acids is 1. The fraction of sp³-hybridized carbons (Fsp3) is 0.240. The van der Waals surface area contributed by atoms with Crippen LogP contribution in [-0.4, -0.2) is 47.4 Å². The number of thioether (sulfide) groups is 1. The number of halogens is 1. The number of nitrogens with zero attached hydrogens (tertiary/aromatic N) is 1. The van der Waals surface area contributed by atoms with Crippen LogP contribution in [0.5, 0.6) is 11.5 Å². The number of nitrogens with one attached hydrogen (secondary N) is 1. The molecule has 0 spiro atoms. The molecule has 0 aliphatic rings. The lowest BCUT2D eigenvalue weighted by molar-refractivity contribution is -0.119. The standard InChI is InChI=1S/C25H27FN2O5S2/c1-32-23-14-13-20(17-24(23)33-2)35(30,31)28(22-12-7-6-11-21(22)26)18-25(29)27-15-8-16-34-19-9-4-3-5-10-19/h3-7,9-14,17H,8,15-16,18H2,1-2H3,(H,27,29). The van der Waals surface area contributed by atoms with Crippen LogP contribution < -0.4 is 19.1 Å². The van der Waals surface area contributed by atoms with Crippen LogP contribution in [0.3, 0.4) is 0 Å². The van der Waals surface area contributed by atoms with E-state index >= 15 is 0 Å². The molecule has 0 heterocycles. The molecule has 186 valence electrons. The summed E-state index contributed by atoms with van der Waals surface area (Å²) >= 11 is 1.66. The number of carbonyl (C=O) groups is 1. The highest BCUT2D eigenvalue weighted by Crippen LogP contribution is 2.32. The quantitative estimate of drug-likeness (QED) is 0.284. The Kier molecular flexibility index (Phi) is 9.39. The van der Waals surface area contributed by atoms with Gasteiger partial charge in [-0.15, -0.1) is 11.8 Å². The van der Waals surface area contributed by atoms with Gasteiger partial charge >= 0.3 is 0 Å². The molecular formula is C25H27FN2O5S2. The van der Waals surface area contributed by atoms with Crippen molar-refractivity contribution < 1.29 is 27.1 Å². The van der Waals surface area contributed by atoms with E-state index in [0.29, 0.717) is 18.7 Å². The van der Waals surface area contributed by atoms with Gasteiger partial charge in [0, 0.05) is 17.5 Å². The van der Waals surface area contributed by atoms with Gasteiger partial charge in [0.15, 0.2) is 11.5 Å². The summed E-state index contributed by atoms with van der Waals surface area (Å²) in [5.41, 5.74) is -0.225. The van der Waals surface area contributed by atoms with Crippen LogP contribution in [0.15, 0.2) is 82.6 Å². The molecular weight excluding hydrogens is 491 g/mol. The Bertz CT molecular complexity index is 1240. The van der Waals surface area contributed by atoms with E-state index in [2.05, 4.69) is 5.32 Å². The first kappa shape index (κ1) is 26.4. The summed E-state index contributed by atoms with van der Waals surface area (Å²) in [6.07, 6.45) is 0.688. The summed E-state index contributed by atoms with van der Waals surface area (Å²) < 4.78 is 52.8. The van der Waals surface area contributed by atoms with E-state index in [1.807, 2.05) is 30.3 Å². The first-order chi connectivity index (χ1) is 16.9. The van der Waals surface area contributed by atoms with Crippen LogP contribution in [0, 0.1) is 5.82 Å². The molecule has 35 heavy (non-hydrogen) atoms. The van der Waals surface area contributed by atoms with Gasteiger partial charge < -0.3 is 14.8 Å². The van der Waals surface area contributed by atoms with E-state index in [1.54, 1.807) is 11.8 Å². The second-order valence-corrected chi connectivity index (χ2v) is 10.4. The van der Waals surface area contributed by atoms with Crippen molar-refractivity contribution in [2.45, 2.75) is 16.2 Å². The number of hydrogen-bond acceptors (Lipinski definition) is 6. The zero-order valence-electron chi connectivity index (χ0n) is 19.4. The predicted octanol–water partition coefficient (Wildman–Crippen LogP) is 4.34. The fourth-order valence-corrected chi connectivity index (χ4v) is 5.57. The van der Waals surface area contributed by atoms with Crippen LogP contribution in [0.4, 0.5) is 10.1 Å². The third kappa shape index (κ3) is 6.89. The summed E-state index contributed by atoms with van der Waals surface area (Å²) in [5, 5.41) is 2.73. The van der Waals surface area contributed by atoms with Crippen molar-refractivity contribution in [3.05, 3.63) is 78.6 Å². The molecule has 10 heteroatoms. The van der Waals surface area contributed by atoms with Gasteiger partial charge in [0.1, 0.15) is 12.4 Å². The molecule has 0 aliphatic heterocycles. The molecule has 0 unspecified atom stereocenters. The maximum Gasteiger partial charge on any atom is 0.265 e. The van der Waals surface area contributed by atoms with Crippen molar-refractivity contribution in [2.24, 2.45) is 0 Å². The van der Waals surface area contributed by atoms with E-state index in [0.717, 1.165) is 21.0 Å². The summed E-state index contributed by atoms with van der Waals surface area (Å²) in [6, 6.07) is 19.3. The van der Waals surface area contributed by atoms with Gasteiger partial charge in [0.25, 0.3) is 10.0 Å². The van der Waals surface area contributed by atoms with Crippen molar-refractivity contribution in [1.82, 2.24) is 5.32 Å². The van der Waals surface area contributed by atoms with Crippen LogP contribution in [0.2, 0.25) is 0 Å². The molecule has 0 aromatic heterocycles. The van der Waals surface area contributed by atoms with Crippen molar-refractivity contribution in [3.63, 3.8) is 0 Å². The summed E-state index contributed by atoms with van der Waals surface area (Å²) in [6.45, 7) is -0.219. The van der Waals surface area contributed by atoms with Gasteiger partial charge in [0.2, 0.25) is 5.91 Å². The van der Waals surface area contributed by atoms with Gasteiger partial charge in [-0.1, -0.05) is 30.3 Å². The first-order valence-corrected chi connectivity index (χ1v) is 13.2. The Morgan fingerprint density at radius 1 is 0.971 bits per heavy atom. The molecule has 3 aromatic rings. The monoisotopic (exact) mass is 518 g/mol. The van der Waals surface area contributed by atoms with Gasteiger partial charge in [-0.25, -0.2) is 12.8 Å². The number of anilines is 1.